The van der Waals surface area contributed by atoms with Crippen molar-refractivity contribution in [2.24, 2.45) is 0 Å². The molecule has 0 atom stereocenters. The fraction of sp³-hybridized carbons (Fsp3) is 0.0714. The fourth-order valence-electron chi connectivity index (χ4n) is 3.40. The third-order valence-electron chi connectivity index (χ3n) is 5.03. The number of hydrogen-bond acceptors (Lipinski definition) is 4. The van der Waals surface area contributed by atoms with Gasteiger partial charge in [-0.2, -0.15) is 0 Å². The first-order valence-electron chi connectivity index (χ1n) is 11.1. The number of ether oxygens (including phenoxy) is 2. The average molecular weight is 488 g/mol. The van der Waals surface area contributed by atoms with Crippen LogP contribution in [0, 0.1) is 11.6 Å². The number of nitrogens with one attached hydrogen (secondary N) is 2. The summed E-state index contributed by atoms with van der Waals surface area (Å²) in [7, 11) is 0. The standard InChI is InChI=1S/C28H22F2N2O4/c1-2-35-20-11-13-21(14-12-20)36-22-16-18(31-27(33)23-7-3-5-9-25(23)29)15-19(17-22)32-28(34)24-8-4-6-10-26(24)30/h3-17H,2H2,1H3,(H,31,33)(H,32,34). The van der Waals surface area contributed by atoms with E-state index in [4.69, 9.17) is 9.47 Å². The molecule has 0 saturated carbocycles. The highest BCUT2D eigenvalue weighted by molar-refractivity contribution is 6.06. The number of amides is 2. The van der Waals surface area contributed by atoms with E-state index in [1.165, 1.54) is 54.6 Å². The van der Waals surface area contributed by atoms with Gasteiger partial charge in [0, 0.05) is 23.5 Å². The first kappa shape index (κ1) is 24.4. The first-order valence-corrected chi connectivity index (χ1v) is 11.1. The Hall–Kier alpha value is -4.72. The maximum Gasteiger partial charge on any atom is 0.258 e. The van der Waals surface area contributed by atoms with Crippen LogP contribution in [0.5, 0.6) is 17.2 Å². The van der Waals surface area contributed by atoms with Crippen LogP contribution in [0.15, 0.2) is 91.0 Å². The van der Waals surface area contributed by atoms with Gasteiger partial charge >= 0.3 is 0 Å². The number of hydrogen-bond donors (Lipinski definition) is 2. The Morgan fingerprint density at radius 2 is 1.14 bits per heavy atom. The molecule has 0 aliphatic carbocycles. The Kier molecular flexibility index (Phi) is 7.55. The summed E-state index contributed by atoms with van der Waals surface area (Å²) in [6.07, 6.45) is 0. The van der Waals surface area contributed by atoms with Crippen molar-refractivity contribution in [1.82, 2.24) is 0 Å². The molecule has 2 N–H and O–H groups in total. The molecule has 4 aromatic carbocycles. The van der Waals surface area contributed by atoms with Crippen molar-refractivity contribution < 1.29 is 27.8 Å². The van der Waals surface area contributed by atoms with Gasteiger partial charge in [0.15, 0.2) is 0 Å². The van der Waals surface area contributed by atoms with Gasteiger partial charge in [-0.15, -0.1) is 0 Å². The molecular formula is C28H22F2N2O4. The van der Waals surface area contributed by atoms with Crippen LogP contribution >= 0.6 is 0 Å². The largest absolute Gasteiger partial charge is 0.494 e. The molecule has 0 aromatic heterocycles. The lowest BCUT2D eigenvalue weighted by atomic mass is 10.1. The lowest BCUT2D eigenvalue weighted by Gasteiger charge is -2.14. The van der Waals surface area contributed by atoms with Crippen molar-refractivity contribution in [2.75, 3.05) is 17.2 Å². The molecule has 0 radical (unpaired) electrons. The summed E-state index contributed by atoms with van der Waals surface area (Å²) in [6.45, 7) is 2.40. The number of benzene rings is 4. The molecule has 8 heteroatoms. The third-order valence-corrected chi connectivity index (χ3v) is 5.03. The molecule has 182 valence electrons. The van der Waals surface area contributed by atoms with Crippen LogP contribution in [0.1, 0.15) is 27.6 Å². The van der Waals surface area contributed by atoms with Crippen LogP contribution in [0.4, 0.5) is 20.2 Å². The monoisotopic (exact) mass is 488 g/mol. The van der Waals surface area contributed by atoms with Gasteiger partial charge in [0.25, 0.3) is 11.8 Å². The molecule has 0 saturated heterocycles. The van der Waals surface area contributed by atoms with E-state index in [1.807, 2.05) is 6.92 Å². The van der Waals surface area contributed by atoms with E-state index in [0.717, 1.165) is 0 Å². The van der Waals surface area contributed by atoms with Crippen molar-refractivity contribution in [3.8, 4) is 17.2 Å². The van der Waals surface area contributed by atoms with Gasteiger partial charge in [0.05, 0.1) is 17.7 Å². The Labute approximate surface area is 206 Å². The van der Waals surface area contributed by atoms with E-state index < -0.39 is 23.4 Å². The van der Waals surface area contributed by atoms with Crippen LogP contribution in [-0.4, -0.2) is 18.4 Å². The minimum Gasteiger partial charge on any atom is -0.494 e. The SMILES string of the molecule is CCOc1ccc(Oc2cc(NC(=O)c3ccccc3F)cc(NC(=O)c3ccccc3F)c2)cc1. The molecule has 0 aliphatic rings. The minimum absolute atomic E-state index is 0.146. The molecule has 0 unspecified atom stereocenters. The first-order chi connectivity index (χ1) is 17.4. The van der Waals surface area contributed by atoms with Crippen molar-refractivity contribution in [2.45, 2.75) is 6.92 Å². The van der Waals surface area contributed by atoms with E-state index >= 15 is 0 Å². The molecule has 2 amide bonds. The zero-order chi connectivity index (χ0) is 25.5. The Morgan fingerprint density at radius 3 is 1.61 bits per heavy atom. The van der Waals surface area contributed by atoms with Crippen molar-refractivity contribution in [3.63, 3.8) is 0 Å². The Balaban J connectivity index is 1.63. The summed E-state index contributed by atoms with van der Waals surface area (Å²) < 4.78 is 39.5. The zero-order valence-electron chi connectivity index (χ0n) is 19.3. The van der Waals surface area contributed by atoms with E-state index in [1.54, 1.807) is 36.4 Å². The lowest BCUT2D eigenvalue weighted by molar-refractivity contribution is 0.101. The quantitative estimate of drug-likeness (QED) is 0.291. The molecule has 0 bridgehead atoms. The number of halogens is 2. The third kappa shape index (κ3) is 6.04. The predicted octanol–water partition coefficient (Wildman–Crippen LogP) is 6.66. The Bertz CT molecular complexity index is 1310. The second-order valence-electron chi connectivity index (χ2n) is 7.62. The van der Waals surface area contributed by atoms with Crippen molar-refractivity contribution >= 4 is 23.2 Å². The molecule has 0 fully saturated rings. The summed E-state index contributed by atoms with van der Waals surface area (Å²) in [5.74, 6) is -1.30. The second kappa shape index (κ2) is 11.1. The van der Waals surface area contributed by atoms with E-state index in [2.05, 4.69) is 10.6 Å². The lowest BCUT2D eigenvalue weighted by Crippen LogP contribution is -2.16. The molecule has 36 heavy (non-hydrogen) atoms. The molecule has 0 spiro atoms. The molecule has 0 aliphatic heterocycles. The van der Waals surface area contributed by atoms with Gasteiger partial charge in [-0.05, 0) is 61.5 Å². The maximum absolute atomic E-state index is 14.1. The molecule has 4 aromatic rings. The van der Waals surface area contributed by atoms with Crippen LogP contribution in [-0.2, 0) is 0 Å². The van der Waals surface area contributed by atoms with Crippen LogP contribution in [0.2, 0.25) is 0 Å². The van der Waals surface area contributed by atoms with Gasteiger partial charge in [-0.25, -0.2) is 8.78 Å². The van der Waals surface area contributed by atoms with E-state index in [-0.39, 0.29) is 28.3 Å². The van der Waals surface area contributed by atoms with Crippen LogP contribution in [0.3, 0.4) is 0 Å². The average Bonchev–Trinajstić information content (AvgIpc) is 2.86. The van der Waals surface area contributed by atoms with Crippen LogP contribution in [0.25, 0.3) is 0 Å². The summed E-state index contributed by atoms with van der Waals surface area (Å²) in [5.41, 5.74) is 0.172. The van der Waals surface area contributed by atoms with Gasteiger partial charge in [-0.3, -0.25) is 9.59 Å². The van der Waals surface area contributed by atoms with Gasteiger partial charge < -0.3 is 20.1 Å². The van der Waals surface area contributed by atoms with Crippen molar-refractivity contribution in [1.29, 1.82) is 0 Å². The predicted molar refractivity (Wildman–Crippen MR) is 133 cm³/mol. The highest BCUT2D eigenvalue weighted by atomic mass is 19.1. The van der Waals surface area contributed by atoms with Gasteiger partial charge in [0.2, 0.25) is 0 Å². The Morgan fingerprint density at radius 1 is 0.667 bits per heavy atom. The highest BCUT2D eigenvalue weighted by Crippen LogP contribution is 2.30. The van der Waals surface area contributed by atoms with Crippen LogP contribution < -0.4 is 20.1 Å². The molecule has 6 nitrogen and oxygen atoms in total. The second-order valence-corrected chi connectivity index (χ2v) is 7.62. The number of carbonyl (C=O) groups is 2. The summed E-state index contributed by atoms with van der Waals surface area (Å²) in [5, 5.41) is 5.22. The van der Waals surface area contributed by atoms with Gasteiger partial charge in [-0.1, -0.05) is 24.3 Å². The molecular weight excluding hydrogens is 466 g/mol. The highest BCUT2D eigenvalue weighted by Gasteiger charge is 2.15. The number of rotatable bonds is 8. The molecule has 0 heterocycles. The summed E-state index contributed by atoms with van der Waals surface area (Å²) >= 11 is 0. The van der Waals surface area contributed by atoms with Crippen molar-refractivity contribution in [3.05, 3.63) is 114 Å². The number of carbonyl (C=O) groups excluding carboxylic acids is 2. The summed E-state index contributed by atoms with van der Waals surface area (Å²) in [4.78, 5) is 25.3. The fourth-order valence-corrected chi connectivity index (χ4v) is 3.40. The van der Waals surface area contributed by atoms with E-state index in [9.17, 15) is 18.4 Å². The minimum atomic E-state index is -0.683. The van der Waals surface area contributed by atoms with Gasteiger partial charge in [0.1, 0.15) is 28.9 Å². The summed E-state index contributed by atoms with van der Waals surface area (Å²) in [6, 6.07) is 22.5. The smallest absolute Gasteiger partial charge is 0.258 e. The van der Waals surface area contributed by atoms with E-state index in [0.29, 0.717) is 18.1 Å². The number of anilines is 2. The zero-order valence-corrected chi connectivity index (χ0v) is 19.3. The normalized spacial score (nSPS) is 10.4. The maximum atomic E-state index is 14.1. The topological polar surface area (TPSA) is 76.7 Å². The molecule has 4 rings (SSSR count).